The van der Waals surface area contributed by atoms with Gasteiger partial charge in [0, 0.05) is 43.3 Å². The number of carbonyl (C=O) groups is 5. The normalized spacial score (nSPS) is 26.9. The number of pyridine rings is 1. The van der Waals surface area contributed by atoms with E-state index in [1.165, 1.54) is 11.3 Å². The minimum Gasteiger partial charge on any atom is -0.384 e. The largest absolute Gasteiger partial charge is 0.384 e. The number of aromatic nitrogens is 3. The summed E-state index contributed by atoms with van der Waals surface area (Å²) in [7, 11) is 0. The van der Waals surface area contributed by atoms with Gasteiger partial charge in [0.05, 0.1) is 57.4 Å². The van der Waals surface area contributed by atoms with Crippen LogP contribution in [0.3, 0.4) is 0 Å². The van der Waals surface area contributed by atoms with Crippen LogP contribution in [-0.4, -0.2) is 112 Å². The molecule has 3 unspecified atom stereocenters. The molecule has 5 amide bonds. The Bertz CT molecular complexity index is 2540. The van der Waals surface area contributed by atoms with E-state index in [2.05, 4.69) is 30.8 Å². The topological polar surface area (TPSA) is 171 Å². The van der Waals surface area contributed by atoms with Gasteiger partial charge >= 0.3 is 0 Å². The maximum atomic E-state index is 14.3. The van der Waals surface area contributed by atoms with Crippen LogP contribution in [0.5, 0.6) is 0 Å². The van der Waals surface area contributed by atoms with Crippen LogP contribution in [-0.2, 0) is 14.3 Å². The highest BCUT2D eigenvalue weighted by Gasteiger charge is 2.48. The first-order chi connectivity index (χ1) is 31.0. The van der Waals surface area contributed by atoms with Crippen LogP contribution in [0.4, 0.5) is 26.0 Å². The number of piperidine rings is 2. The van der Waals surface area contributed by atoms with E-state index in [1.54, 1.807) is 34.5 Å². The maximum absolute atomic E-state index is 14.3. The number of anilines is 3. The molecular formula is C46H51F2N9O6S. The quantitative estimate of drug-likeness (QED) is 0.143. The SMILES string of the molecule is O=C1CCC(N2C(=O)c3cccc(NCC4CC5(CCN(CC6CCC(n7cc(NC(=O)c8csc9ccc(N%10CC%11CC%10CO%11)nc89)c(C(F)F)n7)CC6)CC5)C4)c3C2=O)C(=O)N1. The van der Waals surface area contributed by atoms with E-state index < -0.39 is 47.7 Å². The molecule has 2 saturated carbocycles. The Balaban J connectivity index is 0.645. The molecule has 0 radical (unpaired) electrons. The standard InChI is InChI=1S/C46H51F2N9O6S/c47-41(48)40-33(50-42(59)31-24-64-35-9-10-36(51-39(31)35)55-21-29-16-28(55)23-63-29)22-56(53-40)27-6-4-25(5-7-27)20-54-14-12-46(13-15-54)17-26(18-46)19-49-32-3-1-2-30-38(32)45(62)57(44(30)61)34-8-11-37(58)52-43(34)60/h1-3,9-10,22,24-29,34,41,49H,4-8,11-21,23H2,(H,50,59)(H,52,58,60). The van der Waals surface area contributed by atoms with E-state index >= 15 is 0 Å². The molecule has 64 heavy (non-hydrogen) atoms. The highest BCUT2D eigenvalue weighted by atomic mass is 32.1. The Morgan fingerprint density at radius 2 is 1.78 bits per heavy atom. The van der Waals surface area contributed by atoms with Crippen molar-refractivity contribution in [3.8, 4) is 0 Å². The summed E-state index contributed by atoms with van der Waals surface area (Å²) in [4.78, 5) is 75.2. The lowest BCUT2D eigenvalue weighted by Crippen LogP contribution is -2.54. The van der Waals surface area contributed by atoms with Crippen LogP contribution in [0.15, 0.2) is 41.9 Å². The number of rotatable bonds is 11. The first-order valence-corrected chi connectivity index (χ1v) is 23.6. The van der Waals surface area contributed by atoms with Gasteiger partial charge < -0.3 is 25.2 Å². The van der Waals surface area contributed by atoms with Crippen LogP contribution in [0.1, 0.15) is 120 Å². The fourth-order valence-electron chi connectivity index (χ4n) is 11.7. The molecule has 3 N–H and O–H groups in total. The summed E-state index contributed by atoms with van der Waals surface area (Å²) >= 11 is 1.41. The molecule has 1 spiro atoms. The Morgan fingerprint density at radius 3 is 2.52 bits per heavy atom. The monoisotopic (exact) mass is 895 g/mol. The number of benzene rings is 1. The average molecular weight is 896 g/mol. The summed E-state index contributed by atoms with van der Waals surface area (Å²) in [5.41, 5.74) is 2.04. The number of nitrogens with zero attached hydrogens (tertiary/aromatic N) is 6. The third kappa shape index (κ3) is 7.44. The molecule has 8 heterocycles. The highest BCUT2D eigenvalue weighted by molar-refractivity contribution is 7.17. The molecule has 2 bridgehead atoms. The number of thiophene rings is 1. The summed E-state index contributed by atoms with van der Waals surface area (Å²) in [6, 6.07) is 8.37. The van der Waals surface area contributed by atoms with Crippen molar-refractivity contribution >= 4 is 68.3 Å². The number of hydrogen-bond donors (Lipinski definition) is 3. The predicted octanol–water partition coefficient (Wildman–Crippen LogP) is 6.40. The lowest BCUT2D eigenvalue weighted by molar-refractivity contribution is -0.136. The number of fused-ring (bicyclic) bond motifs is 4. The van der Waals surface area contributed by atoms with Crippen molar-refractivity contribution < 1.29 is 37.5 Å². The number of amides is 5. The lowest BCUT2D eigenvalue weighted by Gasteiger charge is -2.53. The smallest absolute Gasteiger partial charge is 0.284 e. The molecule has 336 valence electrons. The molecular weight excluding hydrogens is 845 g/mol. The number of halogens is 2. The van der Waals surface area contributed by atoms with Crippen molar-refractivity contribution in [1.29, 1.82) is 0 Å². The van der Waals surface area contributed by atoms with E-state index in [4.69, 9.17) is 9.72 Å². The maximum Gasteiger partial charge on any atom is 0.284 e. The second-order valence-electron chi connectivity index (χ2n) is 19.1. The van der Waals surface area contributed by atoms with E-state index in [0.717, 1.165) is 99.4 Å². The first-order valence-electron chi connectivity index (χ1n) is 22.7. The van der Waals surface area contributed by atoms with Crippen molar-refractivity contribution in [2.45, 2.75) is 101 Å². The van der Waals surface area contributed by atoms with Gasteiger partial charge in [-0.15, -0.1) is 11.3 Å². The minimum absolute atomic E-state index is 0.0182. The number of carbonyl (C=O) groups excluding carboxylic acids is 5. The number of imide groups is 2. The van der Waals surface area contributed by atoms with Gasteiger partial charge in [0.1, 0.15) is 11.9 Å². The summed E-state index contributed by atoms with van der Waals surface area (Å²) in [5, 5.41) is 14.5. The van der Waals surface area contributed by atoms with Gasteiger partial charge in [-0.05, 0) is 119 Å². The van der Waals surface area contributed by atoms with Crippen LogP contribution >= 0.6 is 11.3 Å². The molecule has 18 heteroatoms. The van der Waals surface area contributed by atoms with Crippen molar-refractivity contribution in [2.24, 2.45) is 17.3 Å². The van der Waals surface area contributed by atoms with Gasteiger partial charge in [0.2, 0.25) is 11.8 Å². The average Bonchev–Trinajstić information content (AvgIpc) is 4.13. The molecule has 6 fully saturated rings. The van der Waals surface area contributed by atoms with Gasteiger partial charge in [-0.2, -0.15) is 5.10 Å². The fraction of sp³-hybridized carbons (Fsp3) is 0.543. The zero-order valence-electron chi connectivity index (χ0n) is 35.4. The van der Waals surface area contributed by atoms with Crippen molar-refractivity contribution in [2.75, 3.05) is 54.9 Å². The van der Waals surface area contributed by atoms with Gasteiger partial charge in [-0.1, -0.05) is 6.07 Å². The molecule has 3 atom stereocenters. The fourth-order valence-corrected chi connectivity index (χ4v) is 12.6. The third-order valence-electron chi connectivity index (χ3n) is 15.2. The molecule has 2 aliphatic carbocycles. The van der Waals surface area contributed by atoms with Gasteiger partial charge in [0.25, 0.3) is 24.1 Å². The van der Waals surface area contributed by atoms with E-state index in [0.29, 0.717) is 52.7 Å². The lowest BCUT2D eigenvalue weighted by atomic mass is 9.57. The number of likely N-dealkylation sites (tertiary alicyclic amines) is 1. The minimum atomic E-state index is -2.84. The van der Waals surface area contributed by atoms with E-state index in [9.17, 15) is 32.8 Å². The van der Waals surface area contributed by atoms with Gasteiger partial charge in [-0.25, -0.2) is 13.8 Å². The zero-order chi connectivity index (χ0) is 43.9. The third-order valence-corrected chi connectivity index (χ3v) is 16.1. The Morgan fingerprint density at radius 1 is 0.969 bits per heavy atom. The van der Waals surface area contributed by atoms with E-state index in [1.807, 2.05) is 12.1 Å². The highest BCUT2D eigenvalue weighted by Crippen LogP contribution is 2.53. The number of ether oxygens (including phenoxy) is 1. The number of morpholine rings is 1. The number of hydrogen-bond acceptors (Lipinski definition) is 12. The van der Waals surface area contributed by atoms with Crippen LogP contribution in [0.2, 0.25) is 0 Å². The number of alkyl halides is 2. The summed E-state index contributed by atoms with van der Waals surface area (Å²) in [6.07, 6.45) is 8.22. The zero-order valence-corrected chi connectivity index (χ0v) is 36.2. The molecule has 15 nitrogen and oxygen atoms in total. The van der Waals surface area contributed by atoms with Gasteiger partial charge in [0.15, 0.2) is 5.69 Å². The Kier molecular flexibility index (Phi) is 10.5. The predicted molar refractivity (Wildman–Crippen MR) is 234 cm³/mol. The summed E-state index contributed by atoms with van der Waals surface area (Å²) in [5.74, 6) is -0.733. The Hall–Kier alpha value is -5.33. The van der Waals surface area contributed by atoms with Crippen LogP contribution in [0, 0.1) is 17.3 Å². The summed E-state index contributed by atoms with van der Waals surface area (Å²) < 4.78 is 36.9. The molecule has 5 aliphatic heterocycles. The number of nitrogens with one attached hydrogen (secondary N) is 3. The van der Waals surface area contributed by atoms with Crippen LogP contribution in [0.25, 0.3) is 10.2 Å². The molecule has 4 saturated heterocycles. The van der Waals surface area contributed by atoms with Gasteiger partial charge in [-0.3, -0.25) is 38.9 Å². The van der Waals surface area contributed by atoms with Crippen molar-refractivity contribution in [1.82, 2.24) is 29.9 Å². The molecule has 3 aromatic heterocycles. The van der Waals surface area contributed by atoms with Crippen molar-refractivity contribution in [3.05, 3.63) is 64.3 Å². The van der Waals surface area contributed by atoms with E-state index in [-0.39, 0.29) is 42.3 Å². The van der Waals surface area contributed by atoms with Crippen LogP contribution < -0.4 is 20.9 Å². The molecule has 11 rings (SSSR count). The molecule has 1 aromatic carbocycles. The second kappa shape index (κ2) is 16.3. The first kappa shape index (κ1) is 41.4. The molecule has 4 aromatic rings. The van der Waals surface area contributed by atoms with Crippen molar-refractivity contribution in [3.63, 3.8) is 0 Å². The summed E-state index contributed by atoms with van der Waals surface area (Å²) in [6.45, 7) is 5.24. The molecule has 7 aliphatic rings. The second-order valence-corrected chi connectivity index (χ2v) is 20.0. The Labute approximate surface area is 372 Å².